The van der Waals surface area contributed by atoms with Crippen molar-refractivity contribution in [3.8, 4) is 10.7 Å². The van der Waals surface area contributed by atoms with Crippen LogP contribution in [0.2, 0.25) is 0 Å². The Labute approximate surface area is 390 Å². The molecular weight excluding hydrogens is 880 g/mol. The Morgan fingerprint density at radius 2 is 1.79 bits per heavy atom. The molecule has 3 aliphatic heterocycles. The van der Waals surface area contributed by atoms with Gasteiger partial charge in [0, 0.05) is 36.3 Å². The number of carbonyl (C=O) groups is 4. The summed E-state index contributed by atoms with van der Waals surface area (Å²) in [4.78, 5) is 75.9. The molecule has 20 heteroatoms. The third-order valence-corrected chi connectivity index (χ3v) is 13.5. The van der Waals surface area contributed by atoms with Crippen LogP contribution >= 0.6 is 11.3 Å². The SMILES string of the molecule is CCC(=O)N=C1[C@H](C)C[C@@]2(C)OCC(=NOCc3csc(-c4cccc(N)n4)n3)CO[C@H]([C@H]1C)[C@](C)(O)[C@@H](CC)OC(=O)[C@@](C)(F)C(=O)[C@H](C)[C@H]2O[C@@H]1O[C@H](C)C[C@H](N(C)C)[C@H]1OC(C)=O. The first-order valence-electron chi connectivity index (χ1n) is 22.5. The number of aromatic nitrogens is 2. The summed E-state index contributed by atoms with van der Waals surface area (Å²) in [5, 5.41) is 19.4. The standard InChI is InChI=1S/C46H67FN6O12S/c1-13-33-46(10,58)40-26(5)36(51-35(55)14-2)24(3)19-44(8,60-21-29(20-59-40)52-61-22-30-23-66-41(49-30)31-16-15-17-34(48)50-31)39(27(6)38(56)45(9,47)43(57)64-33)65-42-37(63-28(7)54)32(53(11)12)18-25(4)62-42/h15-17,23-27,32-33,37,39-40,42,58H,13-14,18-22H2,1-12H3,(H2,48,50)/t24-,25-,26+,27+,32+,33-,37-,39-,40-,42+,44-,45+,46-/m1/s1. The number of aliphatic hydroxyl groups is 1. The van der Waals surface area contributed by atoms with E-state index in [1.54, 1.807) is 51.3 Å². The predicted molar refractivity (Wildman–Crippen MR) is 243 cm³/mol. The highest BCUT2D eigenvalue weighted by molar-refractivity contribution is 7.13. The number of rotatable bonds is 10. The lowest BCUT2D eigenvalue weighted by molar-refractivity contribution is -0.299. The molecule has 0 aliphatic carbocycles. The number of thiazole rings is 1. The number of ether oxygens (including phenoxy) is 6. The molecule has 0 saturated carbocycles. The van der Waals surface area contributed by atoms with E-state index in [-0.39, 0.29) is 44.8 Å². The molecule has 2 aromatic heterocycles. The van der Waals surface area contributed by atoms with E-state index in [0.717, 1.165) is 6.92 Å². The Morgan fingerprint density at radius 3 is 2.42 bits per heavy atom. The van der Waals surface area contributed by atoms with Crippen molar-refractivity contribution in [3.63, 3.8) is 0 Å². The minimum absolute atomic E-state index is 0.0272. The number of halogens is 1. The number of ketones is 1. The van der Waals surface area contributed by atoms with E-state index in [2.05, 4.69) is 20.1 Å². The maximum atomic E-state index is 17.1. The van der Waals surface area contributed by atoms with E-state index in [1.165, 1.54) is 32.1 Å². The van der Waals surface area contributed by atoms with Crippen LogP contribution in [0.4, 0.5) is 10.2 Å². The number of esters is 2. The van der Waals surface area contributed by atoms with Crippen LogP contribution in [0.3, 0.4) is 0 Å². The van der Waals surface area contributed by atoms with Gasteiger partial charge in [0.2, 0.25) is 5.91 Å². The summed E-state index contributed by atoms with van der Waals surface area (Å²) in [5.41, 5.74) is 0.563. The summed E-state index contributed by atoms with van der Waals surface area (Å²) in [7, 11) is 3.65. The highest BCUT2D eigenvalue weighted by Crippen LogP contribution is 2.41. The topological polar surface area (TPSA) is 233 Å². The lowest BCUT2D eigenvalue weighted by Gasteiger charge is -2.48. The van der Waals surface area contributed by atoms with E-state index in [1.807, 2.05) is 32.8 Å². The minimum Gasteiger partial charge on any atom is -0.457 e. The highest BCUT2D eigenvalue weighted by atomic mass is 32.1. The number of alkyl halides is 1. The largest absolute Gasteiger partial charge is 0.457 e. The van der Waals surface area contributed by atoms with E-state index in [9.17, 15) is 24.3 Å². The summed E-state index contributed by atoms with van der Waals surface area (Å²) < 4.78 is 55.4. The number of aliphatic imine (C=N–C) groups is 1. The fourth-order valence-corrected chi connectivity index (χ4v) is 9.98. The van der Waals surface area contributed by atoms with Gasteiger partial charge in [-0.3, -0.25) is 14.4 Å². The molecule has 2 bridgehead atoms. The van der Waals surface area contributed by atoms with Crippen molar-refractivity contribution in [2.24, 2.45) is 27.9 Å². The first-order valence-corrected chi connectivity index (χ1v) is 23.3. The Bertz CT molecular complexity index is 2120. The Balaban J connectivity index is 1.70. The molecule has 1 amide bonds. The summed E-state index contributed by atoms with van der Waals surface area (Å²) in [6.45, 7) is 14.5. The molecule has 5 heterocycles. The van der Waals surface area contributed by atoms with E-state index < -0.39 is 101 Å². The summed E-state index contributed by atoms with van der Waals surface area (Å²) in [5.74, 6) is -6.45. The van der Waals surface area contributed by atoms with Gasteiger partial charge in [-0.05, 0) is 79.1 Å². The predicted octanol–water partition coefficient (Wildman–Crippen LogP) is 5.28. The van der Waals surface area contributed by atoms with Crippen LogP contribution in [-0.2, 0) is 59.0 Å². The average Bonchev–Trinajstić information content (AvgIpc) is 3.73. The molecule has 366 valence electrons. The van der Waals surface area contributed by atoms with Crippen LogP contribution in [0.25, 0.3) is 10.7 Å². The zero-order valence-corrected chi connectivity index (χ0v) is 40.9. The molecule has 18 nitrogen and oxygen atoms in total. The van der Waals surface area contributed by atoms with Gasteiger partial charge in [-0.15, -0.1) is 11.3 Å². The normalized spacial score (nSPS) is 36.3. The Morgan fingerprint density at radius 1 is 1.08 bits per heavy atom. The average molecular weight is 947 g/mol. The summed E-state index contributed by atoms with van der Waals surface area (Å²) >= 11 is 1.34. The fourth-order valence-electron chi connectivity index (χ4n) is 9.20. The summed E-state index contributed by atoms with van der Waals surface area (Å²) in [6.07, 6.45) is -6.47. The Hall–Kier alpha value is -4.31. The number of likely N-dealkylation sites (N-methyl/N-ethyl adjacent to an activating group) is 1. The van der Waals surface area contributed by atoms with E-state index >= 15 is 4.39 Å². The number of Topliss-reactive ketones (excluding diaryl/α,β-unsaturated/α-hetero) is 1. The molecule has 3 aliphatic rings. The monoisotopic (exact) mass is 946 g/mol. The molecule has 3 fully saturated rings. The minimum atomic E-state index is -3.26. The van der Waals surface area contributed by atoms with Gasteiger partial charge in [0.15, 0.2) is 24.8 Å². The molecule has 0 spiro atoms. The van der Waals surface area contributed by atoms with Crippen molar-refractivity contribution in [1.82, 2.24) is 14.9 Å². The van der Waals surface area contributed by atoms with Crippen molar-refractivity contribution < 1.29 is 61.9 Å². The number of oxime groups is 1. The van der Waals surface area contributed by atoms with Gasteiger partial charge in [0.1, 0.15) is 33.9 Å². The number of pyridine rings is 1. The number of carbonyl (C=O) groups excluding carboxylic acids is 4. The number of amides is 1. The van der Waals surface area contributed by atoms with Crippen molar-refractivity contribution in [1.29, 1.82) is 0 Å². The van der Waals surface area contributed by atoms with Gasteiger partial charge in [0.05, 0.1) is 48.9 Å². The smallest absolute Gasteiger partial charge is 0.351 e. The van der Waals surface area contributed by atoms with Gasteiger partial charge in [-0.2, -0.15) is 0 Å². The molecule has 13 atom stereocenters. The fraction of sp³-hybridized carbons (Fsp3) is 0.696. The number of cyclic esters (lactones) is 1. The van der Waals surface area contributed by atoms with Crippen LogP contribution in [0.1, 0.15) is 101 Å². The van der Waals surface area contributed by atoms with Crippen molar-refractivity contribution >= 4 is 52.2 Å². The first-order chi connectivity index (χ1) is 30.9. The third kappa shape index (κ3) is 12.0. The first kappa shape index (κ1) is 52.7. The molecule has 3 saturated heterocycles. The number of nitrogens with two attached hydrogens (primary N) is 1. The zero-order valence-electron chi connectivity index (χ0n) is 40.1. The Kier molecular flexibility index (Phi) is 17.4. The van der Waals surface area contributed by atoms with Crippen LogP contribution in [-0.4, -0.2) is 142 Å². The molecule has 5 rings (SSSR count). The summed E-state index contributed by atoms with van der Waals surface area (Å²) in [6, 6.07) is 4.83. The van der Waals surface area contributed by atoms with E-state index in [0.29, 0.717) is 34.3 Å². The molecule has 66 heavy (non-hydrogen) atoms. The molecular formula is C46H67FN6O12S. The molecule has 0 aromatic carbocycles. The number of nitrogen functional groups attached to an aromatic ring is 1. The molecule has 0 unspecified atom stereocenters. The lowest BCUT2D eigenvalue weighted by Crippen LogP contribution is -2.62. The van der Waals surface area contributed by atoms with Crippen molar-refractivity contribution in [3.05, 3.63) is 29.3 Å². The highest BCUT2D eigenvalue weighted by Gasteiger charge is 2.57. The maximum Gasteiger partial charge on any atom is 0.351 e. The second-order valence-electron chi connectivity index (χ2n) is 18.4. The number of hydrogen-bond acceptors (Lipinski definition) is 18. The van der Waals surface area contributed by atoms with Crippen LogP contribution in [0, 0.1) is 17.8 Å². The quantitative estimate of drug-likeness (QED) is 0.175. The van der Waals surface area contributed by atoms with Crippen LogP contribution in [0.15, 0.2) is 33.7 Å². The van der Waals surface area contributed by atoms with Crippen molar-refractivity contribution in [2.75, 3.05) is 33.0 Å². The van der Waals surface area contributed by atoms with Crippen LogP contribution in [0.5, 0.6) is 0 Å². The lowest BCUT2D eigenvalue weighted by atomic mass is 9.73. The van der Waals surface area contributed by atoms with Gasteiger partial charge in [-0.1, -0.05) is 45.8 Å². The van der Waals surface area contributed by atoms with Crippen LogP contribution < -0.4 is 5.73 Å². The molecule has 2 aromatic rings. The third-order valence-electron chi connectivity index (χ3n) is 12.6. The van der Waals surface area contributed by atoms with Crippen molar-refractivity contribution in [2.45, 2.75) is 161 Å². The number of hydrogen-bond donors (Lipinski definition) is 2. The number of fused-ring (bicyclic) bond motifs is 5. The zero-order chi connectivity index (χ0) is 48.9. The van der Waals surface area contributed by atoms with E-state index in [4.69, 9.17) is 39.0 Å². The molecule has 0 radical (unpaired) electrons. The number of nitrogens with zero attached hydrogens (tertiary/aromatic N) is 5. The second-order valence-corrected chi connectivity index (χ2v) is 19.3. The molecule has 3 N–H and O–H groups in total. The van der Waals surface area contributed by atoms with Gasteiger partial charge < -0.3 is 49.0 Å². The van der Waals surface area contributed by atoms with Gasteiger partial charge >= 0.3 is 11.9 Å². The number of anilines is 1. The second kappa shape index (κ2) is 21.8. The van der Waals surface area contributed by atoms with Gasteiger partial charge in [0.25, 0.3) is 5.67 Å². The van der Waals surface area contributed by atoms with Gasteiger partial charge in [-0.25, -0.2) is 24.1 Å². The maximum absolute atomic E-state index is 17.1.